The zero-order chi connectivity index (χ0) is 12.4. The second-order valence-corrected chi connectivity index (χ2v) is 4.69. The molecule has 0 saturated carbocycles. The summed E-state index contributed by atoms with van der Waals surface area (Å²) in [5, 5.41) is 7.80. The molecule has 1 aromatic carbocycles. The molecule has 0 aliphatic carbocycles. The summed E-state index contributed by atoms with van der Waals surface area (Å²) in [6.07, 6.45) is 1.71. The molecule has 3 N–H and O–H groups in total. The molecule has 2 rings (SSSR count). The van der Waals surface area contributed by atoms with Gasteiger partial charge in [-0.2, -0.15) is 0 Å². The van der Waals surface area contributed by atoms with Crippen molar-refractivity contribution in [3.63, 3.8) is 0 Å². The second-order valence-electron chi connectivity index (χ2n) is 3.84. The van der Waals surface area contributed by atoms with Gasteiger partial charge in [-0.05, 0) is 24.1 Å². The first-order valence-corrected chi connectivity index (χ1v) is 6.00. The van der Waals surface area contributed by atoms with Gasteiger partial charge in [0, 0.05) is 11.5 Å². The van der Waals surface area contributed by atoms with Crippen LogP contribution in [0.25, 0.3) is 0 Å². The first-order valence-electron chi connectivity index (χ1n) is 5.21. The van der Waals surface area contributed by atoms with E-state index in [1.54, 1.807) is 10.9 Å². The van der Waals surface area contributed by atoms with Gasteiger partial charge in [0.05, 0.1) is 17.9 Å². The maximum absolute atomic E-state index is 5.65. The van der Waals surface area contributed by atoms with Gasteiger partial charge in [-0.25, -0.2) is 5.43 Å². The van der Waals surface area contributed by atoms with Crippen molar-refractivity contribution in [3.05, 3.63) is 45.7 Å². The van der Waals surface area contributed by atoms with E-state index in [4.69, 9.17) is 5.84 Å². The van der Waals surface area contributed by atoms with Crippen LogP contribution in [0.4, 0.5) is 0 Å². The van der Waals surface area contributed by atoms with E-state index in [1.165, 1.54) is 0 Å². The van der Waals surface area contributed by atoms with Gasteiger partial charge in [0.1, 0.15) is 0 Å². The minimum absolute atomic E-state index is 0.118. The van der Waals surface area contributed by atoms with E-state index in [9.17, 15) is 0 Å². The zero-order valence-electron chi connectivity index (χ0n) is 9.68. The third-order valence-corrected chi connectivity index (χ3v) is 3.69. The standard InChI is InChI=1S/C11H14BrN5/c1-7-8(4-3-5-9(7)12)11(15-13)10-6-14-16-17(10)2/h3-6,11,15H,13H2,1-2H3. The van der Waals surface area contributed by atoms with Crippen LogP contribution in [0.2, 0.25) is 0 Å². The zero-order valence-corrected chi connectivity index (χ0v) is 11.3. The molecule has 90 valence electrons. The lowest BCUT2D eigenvalue weighted by atomic mass is 9.99. The van der Waals surface area contributed by atoms with Gasteiger partial charge in [0.2, 0.25) is 0 Å². The average Bonchev–Trinajstić information content (AvgIpc) is 2.72. The first kappa shape index (κ1) is 12.2. The molecule has 0 spiro atoms. The summed E-state index contributed by atoms with van der Waals surface area (Å²) in [5.74, 6) is 5.65. The molecule has 1 heterocycles. The van der Waals surface area contributed by atoms with Crippen molar-refractivity contribution >= 4 is 15.9 Å². The molecule has 1 unspecified atom stereocenters. The predicted octanol–water partition coefficient (Wildman–Crippen LogP) is 1.44. The smallest absolute Gasteiger partial charge is 0.0897 e. The Bertz CT molecular complexity index is 522. The van der Waals surface area contributed by atoms with E-state index in [0.717, 1.165) is 21.3 Å². The monoisotopic (exact) mass is 295 g/mol. The van der Waals surface area contributed by atoms with Gasteiger partial charge in [-0.3, -0.25) is 10.5 Å². The van der Waals surface area contributed by atoms with E-state index in [2.05, 4.69) is 31.7 Å². The maximum atomic E-state index is 5.65. The first-order chi connectivity index (χ1) is 8.15. The Morgan fingerprint density at radius 2 is 2.24 bits per heavy atom. The average molecular weight is 296 g/mol. The Morgan fingerprint density at radius 3 is 2.82 bits per heavy atom. The largest absolute Gasteiger partial charge is 0.271 e. The summed E-state index contributed by atoms with van der Waals surface area (Å²) in [4.78, 5) is 0. The lowest BCUT2D eigenvalue weighted by molar-refractivity contribution is 0.568. The second kappa shape index (κ2) is 4.95. The number of aryl methyl sites for hydroxylation is 1. The molecule has 1 aromatic heterocycles. The Kier molecular flexibility index (Phi) is 3.56. The molecule has 1 atom stereocenters. The molecule has 0 radical (unpaired) electrons. The number of benzene rings is 1. The van der Waals surface area contributed by atoms with Crippen LogP contribution in [-0.4, -0.2) is 15.0 Å². The highest BCUT2D eigenvalue weighted by Gasteiger charge is 2.19. The Labute approximate surface area is 108 Å². The number of halogens is 1. The van der Waals surface area contributed by atoms with Crippen LogP contribution in [0, 0.1) is 6.92 Å². The number of hydrogen-bond donors (Lipinski definition) is 2. The summed E-state index contributed by atoms with van der Waals surface area (Å²) in [7, 11) is 1.85. The summed E-state index contributed by atoms with van der Waals surface area (Å²) in [5.41, 5.74) is 5.99. The van der Waals surface area contributed by atoms with Crippen molar-refractivity contribution in [3.8, 4) is 0 Å². The highest BCUT2D eigenvalue weighted by atomic mass is 79.9. The van der Waals surface area contributed by atoms with E-state index >= 15 is 0 Å². The molecule has 0 fully saturated rings. The van der Waals surface area contributed by atoms with Gasteiger partial charge >= 0.3 is 0 Å². The third kappa shape index (κ3) is 2.24. The molecular weight excluding hydrogens is 282 g/mol. The van der Waals surface area contributed by atoms with Crippen molar-refractivity contribution in [2.75, 3.05) is 0 Å². The number of nitrogens with one attached hydrogen (secondary N) is 1. The minimum atomic E-state index is -0.118. The predicted molar refractivity (Wildman–Crippen MR) is 69.0 cm³/mol. The molecule has 0 aliphatic heterocycles. The molecule has 17 heavy (non-hydrogen) atoms. The molecular formula is C11H14BrN5. The summed E-state index contributed by atoms with van der Waals surface area (Å²) >= 11 is 3.52. The van der Waals surface area contributed by atoms with Crippen LogP contribution < -0.4 is 11.3 Å². The summed E-state index contributed by atoms with van der Waals surface area (Å²) < 4.78 is 2.77. The van der Waals surface area contributed by atoms with Crippen molar-refractivity contribution in [1.82, 2.24) is 20.4 Å². The van der Waals surface area contributed by atoms with E-state index in [-0.39, 0.29) is 6.04 Å². The molecule has 0 amide bonds. The molecule has 0 aliphatic rings. The molecule has 0 saturated heterocycles. The lowest BCUT2D eigenvalue weighted by Crippen LogP contribution is -2.31. The highest BCUT2D eigenvalue weighted by Crippen LogP contribution is 2.27. The van der Waals surface area contributed by atoms with Crippen LogP contribution in [0.5, 0.6) is 0 Å². The van der Waals surface area contributed by atoms with Gasteiger partial charge in [-0.1, -0.05) is 33.3 Å². The van der Waals surface area contributed by atoms with Gasteiger partial charge in [0.25, 0.3) is 0 Å². The molecule has 6 heteroatoms. The number of rotatable bonds is 3. The fourth-order valence-corrected chi connectivity index (χ4v) is 2.21. The van der Waals surface area contributed by atoms with Crippen LogP contribution in [-0.2, 0) is 7.05 Å². The number of nitrogens with zero attached hydrogens (tertiary/aromatic N) is 3. The SMILES string of the molecule is Cc1c(Br)cccc1C(NN)c1cnnn1C. The minimum Gasteiger partial charge on any atom is -0.271 e. The molecule has 0 bridgehead atoms. The van der Waals surface area contributed by atoms with Crippen molar-refractivity contribution in [1.29, 1.82) is 0 Å². The van der Waals surface area contributed by atoms with E-state index in [0.29, 0.717) is 0 Å². The fraction of sp³-hybridized carbons (Fsp3) is 0.273. The fourth-order valence-electron chi connectivity index (χ4n) is 1.83. The topological polar surface area (TPSA) is 68.8 Å². The molecule has 5 nitrogen and oxygen atoms in total. The van der Waals surface area contributed by atoms with E-state index in [1.807, 2.05) is 32.2 Å². The van der Waals surface area contributed by atoms with Gasteiger partial charge in [0.15, 0.2) is 0 Å². The van der Waals surface area contributed by atoms with Gasteiger partial charge in [-0.15, -0.1) is 5.10 Å². The summed E-state index contributed by atoms with van der Waals surface area (Å²) in [6.45, 7) is 2.05. The van der Waals surface area contributed by atoms with E-state index < -0.39 is 0 Å². The Morgan fingerprint density at radius 1 is 1.47 bits per heavy atom. The highest BCUT2D eigenvalue weighted by molar-refractivity contribution is 9.10. The van der Waals surface area contributed by atoms with Gasteiger partial charge < -0.3 is 0 Å². The summed E-state index contributed by atoms with van der Waals surface area (Å²) in [6, 6.07) is 5.92. The Balaban J connectivity index is 2.50. The normalized spacial score (nSPS) is 12.7. The number of hydrogen-bond acceptors (Lipinski definition) is 4. The number of hydrazine groups is 1. The van der Waals surface area contributed by atoms with Crippen molar-refractivity contribution in [2.45, 2.75) is 13.0 Å². The third-order valence-electron chi connectivity index (χ3n) is 2.83. The van der Waals surface area contributed by atoms with Crippen LogP contribution in [0.15, 0.2) is 28.9 Å². The molecule has 2 aromatic rings. The van der Waals surface area contributed by atoms with Crippen LogP contribution in [0.3, 0.4) is 0 Å². The number of nitrogens with two attached hydrogens (primary N) is 1. The number of aromatic nitrogens is 3. The quantitative estimate of drug-likeness (QED) is 0.664. The van der Waals surface area contributed by atoms with Crippen LogP contribution >= 0.6 is 15.9 Å². The van der Waals surface area contributed by atoms with Crippen molar-refractivity contribution < 1.29 is 0 Å². The maximum Gasteiger partial charge on any atom is 0.0897 e. The lowest BCUT2D eigenvalue weighted by Gasteiger charge is -2.18. The Hall–Kier alpha value is -1.24. The van der Waals surface area contributed by atoms with Crippen molar-refractivity contribution in [2.24, 2.45) is 12.9 Å². The van der Waals surface area contributed by atoms with Crippen LogP contribution in [0.1, 0.15) is 22.9 Å².